The maximum Gasteiger partial charge on any atom is 0.410 e. The topological polar surface area (TPSA) is 117 Å². The molecule has 1 aliphatic heterocycles. The van der Waals surface area contributed by atoms with Crippen molar-refractivity contribution in [2.75, 3.05) is 31.6 Å². The lowest BCUT2D eigenvalue weighted by Gasteiger charge is -2.34. The largest absolute Gasteiger partial charge is 0.461 e. The molecule has 5 rings (SSSR count). The summed E-state index contributed by atoms with van der Waals surface area (Å²) in [5.41, 5.74) is 0.318. The van der Waals surface area contributed by atoms with Crippen LogP contribution >= 0.6 is 23.2 Å². The average Bonchev–Trinajstić information content (AvgIpc) is 2.99. The second-order valence-electron chi connectivity index (χ2n) is 11.8. The highest BCUT2D eigenvalue weighted by Gasteiger charge is 2.35. The molecule has 0 unspecified atom stereocenters. The van der Waals surface area contributed by atoms with Crippen LogP contribution in [-0.4, -0.2) is 69.1 Å². The van der Waals surface area contributed by atoms with Gasteiger partial charge in [0.05, 0.1) is 12.1 Å². The first-order valence-electron chi connectivity index (χ1n) is 14.5. The Morgan fingerprint density at radius 2 is 1.50 bits per heavy atom. The lowest BCUT2D eigenvalue weighted by molar-refractivity contribution is 0.0210. The van der Waals surface area contributed by atoms with Gasteiger partial charge in [-0.05, 0) is 86.7 Å². The number of benzene rings is 3. The number of aliphatic hydroxyl groups excluding tert-OH is 1. The van der Waals surface area contributed by atoms with Gasteiger partial charge in [-0.25, -0.2) is 4.79 Å². The molecule has 0 radical (unpaired) electrons. The van der Waals surface area contributed by atoms with E-state index in [4.69, 9.17) is 32.7 Å². The van der Waals surface area contributed by atoms with Crippen LogP contribution in [0.1, 0.15) is 50.3 Å². The number of aromatic nitrogens is 2. The fraction of sp³-hybridized carbons (Fsp3) is 0.364. The molecule has 3 aromatic carbocycles. The van der Waals surface area contributed by atoms with E-state index in [1.165, 1.54) is 0 Å². The second kappa shape index (κ2) is 13.2. The van der Waals surface area contributed by atoms with E-state index in [-0.39, 0.29) is 31.4 Å². The molecular formula is C33H36Cl2N4O5. The molecule has 1 amide bonds. The van der Waals surface area contributed by atoms with E-state index in [0.29, 0.717) is 69.4 Å². The third-order valence-corrected chi connectivity index (χ3v) is 7.93. The van der Waals surface area contributed by atoms with E-state index in [2.05, 4.69) is 15.3 Å². The molecule has 1 aromatic heterocycles. The summed E-state index contributed by atoms with van der Waals surface area (Å²) in [6, 6.07) is 19.8. The highest BCUT2D eigenvalue weighted by atomic mass is 35.5. The van der Waals surface area contributed by atoms with E-state index in [1.807, 2.05) is 39.0 Å². The molecule has 232 valence electrons. The molecule has 11 heteroatoms. The van der Waals surface area contributed by atoms with Crippen molar-refractivity contribution in [3.63, 3.8) is 0 Å². The molecule has 3 N–H and O–H groups in total. The number of fused-ring (bicyclic) bond motifs is 1. The lowest BCUT2D eigenvalue weighted by atomic mass is 9.80. The molecule has 9 nitrogen and oxygen atoms in total. The Morgan fingerprint density at radius 3 is 2.05 bits per heavy atom. The Balaban J connectivity index is 1.52. The maximum absolute atomic E-state index is 12.6. The minimum Gasteiger partial charge on any atom is -0.461 e. The lowest BCUT2D eigenvalue weighted by Crippen LogP contribution is -2.44. The van der Waals surface area contributed by atoms with Crippen LogP contribution in [0.3, 0.4) is 0 Å². The normalized spacial score (nSPS) is 14.5. The summed E-state index contributed by atoms with van der Waals surface area (Å²) in [6.07, 6.45) is 1.03. The highest BCUT2D eigenvalue weighted by Crippen LogP contribution is 2.40. The van der Waals surface area contributed by atoms with Crippen molar-refractivity contribution in [1.82, 2.24) is 14.9 Å². The first kappa shape index (κ1) is 31.8. The van der Waals surface area contributed by atoms with Crippen molar-refractivity contribution in [1.29, 1.82) is 0 Å². The molecule has 0 bridgehead atoms. The molecule has 44 heavy (non-hydrogen) atoms. The van der Waals surface area contributed by atoms with Gasteiger partial charge in [0, 0.05) is 34.6 Å². The number of aliphatic hydroxyl groups is 2. The molecule has 0 spiro atoms. The smallest absolute Gasteiger partial charge is 0.410 e. The van der Waals surface area contributed by atoms with Crippen molar-refractivity contribution in [3.05, 3.63) is 93.5 Å². The SMILES string of the molecule is CC(C)(C)OC(=O)N1CCC(Nc2nc(OCCO)nc3ccc(C(O)(c4ccc(Cl)cc4)c4ccc(Cl)cc4)cc23)CC1. The Morgan fingerprint density at radius 1 is 0.932 bits per heavy atom. The van der Waals surface area contributed by atoms with Gasteiger partial charge >= 0.3 is 12.1 Å². The number of hydrogen-bond donors (Lipinski definition) is 3. The quantitative estimate of drug-likeness (QED) is 0.190. The van der Waals surface area contributed by atoms with Gasteiger partial charge in [0.15, 0.2) is 0 Å². The Hall–Kier alpha value is -3.63. The van der Waals surface area contributed by atoms with Crippen molar-refractivity contribution < 1.29 is 24.5 Å². The Bertz CT molecular complexity index is 1560. The van der Waals surface area contributed by atoms with E-state index in [9.17, 15) is 15.0 Å². The zero-order valence-corrected chi connectivity index (χ0v) is 26.4. The van der Waals surface area contributed by atoms with Gasteiger partial charge in [-0.15, -0.1) is 0 Å². The van der Waals surface area contributed by atoms with Gasteiger partial charge in [-0.3, -0.25) is 0 Å². The van der Waals surface area contributed by atoms with Crippen molar-refractivity contribution >= 4 is 46.0 Å². The molecular weight excluding hydrogens is 603 g/mol. The molecule has 0 atom stereocenters. The Labute approximate surface area is 266 Å². The number of nitrogens with zero attached hydrogens (tertiary/aromatic N) is 3. The van der Waals surface area contributed by atoms with Crippen LogP contribution in [0.15, 0.2) is 66.7 Å². The van der Waals surface area contributed by atoms with Gasteiger partial charge in [0.1, 0.15) is 23.6 Å². The third-order valence-electron chi connectivity index (χ3n) is 7.43. The predicted molar refractivity (Wildman–Crippen MR) is 172 cm³/mol. The number of anilines is 1. The van der Waals surface area contributed by atoms with Gasteiger partial charge in [-0.1, -0.05) is 53.5 Å². The van der Waals surface area contributed by atoms with Crippen LogP contribution in [0.5, 0.6) is 6.01 Å². The van der Waals surface area contributed by atoms with Crippen LogP contribution in [0.25, 0.3) is 10.9 Å². The van der Waals surface area contributed by atoms with Crippen LogP contribution in [0.4, 0.5) is 10.6 Å². The minimum absolute atomic E-state index is 0.00699. The molecule has 1 saturated heterocycles. The fourth-order valence-corrected chi connectivity index (χ4v) is 5.50. The summed E-state index contributed by atoms with van der Waals surface area (Å²) >= 11 is 12.4. The van der Waals surface area contributed by atoms with Crippen molar-refractivity contribution in [3.8, 4) is 6.01 Å². The fourth-order valence-electron chi connectivity index (χ4n) is 5.25. The van der Waals surface area contributed by atoms with E-state index >= 15 is 0 Å². The number of carbonyl (C=O) groups is 1. The number of nitrogens with one attached hydrogen (secondary N) is 1. The van der Waals surface area contributed by atoms with Crippen LogP contribution in [-0.2, 0) is 10.3 Å². The van der Waals surface area contributed by atoms with E-state index < -0.39 is 11.2 Å². The average molecular weight is 640 g/mol. The summed E-state index contributed by atoms with van der Waals surface area (Å²) in [7, 11) is 0. The molecule has 2 heterocycles. The number of likely N-dealkylation sites (tertiary alicyclic amines) is 1. The number of rotatable bonds is 8. The molecule has 1 fully saturated rings. The van der Waals surface area contributed by atoms with Gasteiger partial charge < -0.3 is 29.9 Å². The summed E-state index contributed by atoms with van der Waals surface area (Å²) in [6.45, 7) is 6.48. The molecule has 1 aliphatic rings. The predicted octanol–water partition coefficient (Wildman–Crippen LogP) is 6.40. The number of amides is 1. The highest BCUT2D eigenvalue weighted by molar-refractivity contribution is 6.30. The maximum atomic E-state index is 12.6. The summed E-state index contributed by atoms with van der Waals surface area (Å²) < 4.78 is 11.1. The zero-order valence-electron chi connectivity index (χ0n) is 24.9. The number of ether oxygens (including phenoxy) is 2. The monoisotopic (exact) mass is 638 g/mol. The third kappa shape index (κ3) is 7.18. The summed E-state index contributed by atoms with van der Waals surface area (Å²) in [4.78, 5) is 23.5. The van der Waals surface area contributed by atoms with Gasteiger partial charge in [0.2, 0.25) is 0 Å². The minimum atomic E-state index is -1.55. The first-order valence-corrected chi connectivity index (χ1v) is 15.3. The van der Waals surface area contributed by atoms with Crippen LogP contribution in [0, 0.1) is 0 Å². The first-order chi connectivity index (χ1) is 21.0. The van der Waals surface area contributed by atoms with E-state index in [0.717, 1.165) is 0 Å². The number of hydrogen-bond acceptors (Lipinski definition) is 8. The standard InChI is InChI=1S/C33H36Cl2N4O5/c1-32(2,3)44-31(41)39-16-14-26(15-17-39)36-29-27-20-23(8-13-28(27)37-30(38-29)43-19-18-40)33(42,21-4-9-24(34)10-5-21)22-6-11-25(35)12-7-22/h4-13,20,26,40,42H,14-19H2,1-3H3,(H,36,37,38). The summed E-state index contributed by atoms with van der Waals surface area (Å²) in [5, 5.41) is 27.1. The van der Waals surface area contributed by atoms with Crippen LogP contribution < -0.4 is 10.1 Å². The Kier molecular flexibility index (Phi) is 9.51. The number of halogens is 2. The second-order valence-corrected chi connectivity index (χ2v) is 12.6. The molecule has 0 aliphatic carbocycles. The van der Waals surface area contributed by atoms with E-state index in [1.54, 1.807) is 53.4 Å². The van der Waals surface area contributed by atoms with Gasteiger partial charge in [-0.2, -0.15) is 9.97 Å². The molecule has 0 saturated carbocycles. The van der Waals surface area contributed by atoms with Gasteiger partial charge in [0.25, 0.3) is 0 Å². The summed E-state index contributed by atoms with van der Waals surface area (Å²) in [5.74, 6) is 0.523. The van der Waals surface area contributed by atoms with Crippen molar-refractivity contribution in [2.24, 2.45) is 0 Å². The van der Waals surface area contributed by atoms with Crippen molar-refractivity contribution in [2.45, 2.75) is 50.9 Å². The number of piperidine rings is 1. The molecule has 4 aromatic rings. The van der Waals surface area contributed by atoms with Crippen LogP contribution in [0.2, 0.25) is 10.0 Å². The zero-order chi connectivity index (χ0) is 31.5. The number of carbonyl (C=O) groups excluding carboxylic acids is 1.